The summed E-state index contributed by atoms with van der Waals surface area (Å²) in [6.45, 7) is 10.9. The van der Waals surface area contributed by atoms with E-state index < -0.39 is 0 Å². The van der Waals surface area contributed by atoms with E-state index in [4.69, 9.17) is 0 Å². The van der Waals surface area contributed by atoms with E-state index in [1.54, 1.807) is 0 Å². The Morgan fingerprint density at radius 3 is 2.30 bits per heavy atom. The Kier molecular flexibility index (Phi) is 6.35. The molecule has 2 saturated carbocycles. The molecule has 1 unspecified atom stereocenters. The lowest BCUT2D eigenvalue weighted by atomic mass is 9.83. The second kappa shape index (κ2) is 7.79. The molecule has 2 aliphatic rings. The van der Waals surface area contributed by atoms with Crippen molar-refractivity contribution in [3.63, 3.8) is 0 Å². The van der Waals surface area contributed by atoms with Crippen molar-refractivity contribution in [3.05, 3.63) is 0 Å². The molecule has 0 radical (unpaired) electrons. The normalized spacial score (nSPS) is 24.0. The third-order valence-corrected chi connectivity index (χ3v) is 5.33. The van der Waals surface area contributed by atoms with Crippen LogP contribution in [0, 0.1) is 5.41 Å². The quantitative estimate of drug-likeness (QED) is 0.681. The third kappa shape index (κ3) is 5.04. The SMILES string of the molecule is CCCC(C)(CNC1CC1)CN(CC)C1CCCCC1. The number of hydrogen-bond acceptors (Lipinski definition) is 2. The van der Waals surface area contributed by atoms with Crippen molar-refractivity contribution in [1.29, 1.82) is 0 Å². The van der Waals surface area contributed by atoms with Crippen LogP contribution in [0.1, 0.15) is 78.6 Å². The summed E-state index contributed by atoms with van der Waals surface area (Å²) in [5, 5.41) is 3.79. The van der Waals surface area contributed by atoms with Gasteiger partial charge < -0.3 is 10.2 Å². The molecule has 0 aromatic rings. The molecule has 2 fully saturated rings. The van der Waals surface area contributed by atoms with Crippen LogP contribution in [0.25, 0.3) is 0 Å². The summed E-state index contributed by atoms with van der Waals surface area (Å²) >= 11 is 0. The van der Waals surface area contributed by atoms with E-state index in [0.29, 0.717) is 5.41 Å². The monoisotopic (exact) mass is 280 g/mol. The maximum atomic E-state index is 3.79. The fraction of sp³-hybridized carbons (Fsp3) is 1.00. The van der Waals surface area contributed by atoms with E-state index in [1.165, 1.54) is 77.4 Å². The van der Waals surface area contributed by atoms with Gasteiger partial charge in [-0.2, -0.15) is 0 Å². The van der Waals surface area contributed by atoms with Gasteiger partial charge >= 0.3 is 0 Å². The van der Waals surface area contributed by atoms with Crippen LogP contribution in [-0.4, -0.2) is 36.6 Å². The van der Waals surface area contributed by atoms with Crippen LogP contribution < -0.4 is 5.32 Å². The largest absolute Gasteiger partial charge is 0.313 e. The highest BCUT2D eigenvalue weighted by Gasteiger charge is 2.31. The van der Waals surface area contributed by atoms with E-state index in [2.05, 4.69) is 31.0 Å². The Bertz CT molecular complexity index is 269. The van der Waals surface area contributed by atoms with Crippen LogP contribution in [0.3, 0.4) is 0 Å². The molecule has 0 heterocycles. The minimum atomic E-state index is 0.463. The molecule has 2 nitrogen and oxygen atoms in total. The van der Waals surface area contributed by atoms with Gasteiger partial charge in [0.25, 0.3) is 0 Å². The first-order valence-electron chi connectivity index (χ1n) is 9.14. The van der Waals surface area contributed by atoms with Crippen LogP contribution in [0.15, 0.2) is 0 Å². The molecule has 0 aliphatic heterocycles. The molecule has 1 atom stereocenters. The topological polar surface area (TPSA) is 15.3 Å². The highest BCUT2D eigenvalue weighted by Crippen LogP contribution is 2.30. The van der Waals surface area contributed by atoms with E-state index in [9.17, 15) is 0 Å². The average Bonchev–Trinajstić information content (AvgIpc) is 3.28. The molecule has 118 valence electrons. The molecule has 1 N–H and O–H groups in total. The van der Waals surface area contributed by atoms with Gasteiger partial charge in [0.1, 0.15) is 0 Å². The van der Waals surface area contributed by atoms with Gasteiger partial charge in [-0.25, -0.2) is 0 Å². The van der Waals surface area contributed by atoms with Crippen LogP contribution in [-0.2, 0) is 0 Å². The number of rotatable bonds is 9. The molecule has 0 aromatic carbocycles. The number of nitrogens with zero attached hydrogens (tertiary/aromatic N) is 1. The zero-order valence-corrected chi connectivity index (χ0v) is 14.1. The Balaban J connectivity index is 1.88. The van der Waals surface area contributed by atoms with Crippen molar-refractivity contribution in [2.24, 2.45) is 5.41 Å². The molecule has 0 amide bonds. The second-order valence-electron chi connectivity index (χ2n) is 7.57. The Labute approximate surface area is 126 Å². The van der Waals surface area contributed by atoms with Crippen molar-refractivity contribution in [3.8, 4) is 0 Å². The molecule has 2 heteroatoms. The lowest BCUT2D eigenvalue weighted by molar-refractivity contribution is 0.0938. The first-order valence-corrected chi connectivity index (χ1v) is 9.14. The van der Waals surface area contributed by atoms with E-state index in [1.807, 2.05) is 0 Å². The minimum Gasteiger partial charge on any atom is -0.313 e. The van der Waals surface area contributed by atoms with Gasteiger partial charge in [-0.1, -0.05) is 46.5 Å². The fourth-order valence-electron chi connectivity index (χ4n) is 3.94. The summed E-state index contributed by atoms with van der Waals surface area (Å²) < 4.78 is 0. The first-order chi connectivity index (χ1) is 9.67. The highest BCUT2D eigenvalue weighted by atomic mass is 15.2. The van der Waals surface area contributed by atoms with Crippen molar-refractivity contribution in [2.45, 2.75) is 90.6 Å². The molecule has 0 saturated heterocycles. The molecule has 2 rings (SSSR count). The Hall–Kier alpha value is -0.0800. The third-order valence-electron chi connectivity index (χ3n) is 5.33. The molecule has 0 spiro atoms. The molecule has 0 bridgehead atoms. The summed E-state index contributed by atoms with van der Waals surface area (Å²) in [5.41, 5.74) is 0.463. The second-order valence-corrected chi connectivity index (χ2v) is 7.57. The van der Waals surface area contributed by atoms with Gasteiger partial charge in [0.15, 0.2) is 0 Å². The van der Waals surface area contributed by atoms with Crippen LogP contribution in [0.2, 0.25) is 0 Å². The highest BCUT2D eigenvalue weighted by molar-refractivity contribution is 4.88. The van der Waals surface area contributed by atoms with Gasteiger partial charge in [0.2, 0.25) is 0 Å². The summed E-state index contributed by atoms with van der Waals surface area (Å²) in [5.74, 6) is 0. The lowest BCUT2D eigenvalue weighted by Gasteiger charge is -2.41. The summed E-state index contributed by atoms with van der Waals surface area (Å²) in [4.78, 5) is 2.80. The van der Waals surface area contributed by atoms with E-state index >= 15 is 0 Å². The zero-order valence-electron chi connectivity index (χ0n) is 14.1. The predicted molar refractivity (Wildman–Crippen MR) is 88.2 cm³/mol. The van der Waals surface area contributed by atoms with Crippen molar-refractivity contribution in [2.75, 3.05) is 19.6 Å². The molecule has 2 aliphatic carbocycles. The van der Waals surface area contributed by atoms with Gasteiger partial charge in [0, 0.05) is 25.2 Å². The summed E-state index contributed by atoms with van der Waals surface area (Å²) in [6.07, 6.45) is 12.7. The number of hydrogen-bond donors (Lipinski definition) is 1. The predicted octanol–water partition coefficient (Wildman–Crippen LogP) is 4.20. The number of nitrogens with one attached hydrogen (secondary N) is 1. The summed E-state index contributed by atoms with van der Waals surface area (Å²) in [7, 11) is 0. The molecular formula is C18H36N2. The minimum absolute atomic E-state index is 0.463. The average molecular weight is 280 g/mol. The molecular weight excluding hydrogens is 244 g/mol. The van der Waals surface area contributed by atoms with Crippen LogP contribution in [0.4, 0.5) is 0 Å². The molecule has 20 heavy (non-hydrogen) atoms. The maximum Gasteiger partial charge on any atom is 0.00953 e. The fourth-order valence-corrected chi connectivity index (χ4v) is 3.94. The lowest BCUT2D eigenvalue weighted by Crippen LogP contribution is -2.47. The molecule has 0 aromatic heterocycles. The van der Waals surface area contributed by atoms with E-state index in [0.717, 1.165) is 12.1 Å². The van der Waals surface area contributed by atoms with Gasteiger partial charge in [-0.05, 0) is 44.1 Å². The standard InChI is InChI=1S/C18H36N2/c1-4-13-18(3,14-19-16-11-12-16)15-20(5-2)17-9-7-6-8-10-17/h16-17,19H,4-15H2,1-3H3. The Morgan fingerprint density at radius 1 is 1.05 bits per heavy atom. The first kappa shape index (κ1) is 16.3. The Morgan fingerprint density at radius 2 is 1.75 bits per heavy atom. The van der Waals surface area contributed by atoms with Gasteiger partial charge in [0.05, 0.1) is 0 Å². The summed E-state index contributed by atoms with van der Waals surface area (Å²) in [6, 6.07) is 1.71. The van der Waals surface area contributed by atoms with Crippen molar-refractivity contribution < 1.29 is 0 Å². The van der Waals surface area contributed by atoms with Crippen LogP contribution >= 0.6 is 0 Å². The maximum absolute atomic E-state index is 3.79. The van der Waals surface area contributed by atoms with E-state index in [-0.39, 0.29) is 0 Å². The van der Waals surface area contributed by atoms with Gasteiger partial charge in [-0.15, -0.1) is 0 Å². The van der Waals surface area contributed by atoms with Gasteiger partial charge in [-0.3, -0.25) is 0 Å². The van der Waals surface area contributed by atoms with Crippen LogP contribution in [0.5, 0.6) is 0 Å². The van der Waals surface area contributed by atoms with Crippen molar-refractivity contribution >= 4 is 0 Å². The zero-order chi connectivity index (χ0) is 14.4. The smallest absolute Gasteiger partial charge is 0.00953 e. The van der Waals surface area contributed by atoms with Crippen molar-refractivity contribution in [1.82, 2.24) is 10.2 Å².